The minimum atomic E-state index is -0.741. The molecule has 0 aliphatic rings. The summed E-state index contributed by atoms with van der Waals surface area (Å²) in [6, 6.07) is 9.76. The lowest BCUT2D eigenvalue weighted by atomic mass is 10.3. The van der Waals surface area contributed by atoms with Crippen molar-refractivity contribution in [3.8, 4) is 0 Å². The Morgan fingerprint density at radius 3 is 2.50 bits per heavy atom. The van der Waals surface area contributed by atoms with Crippen LogP contribution in [0.4, 0.5) is 31.9 Å². The molecule has 0 aliphatic heterocycles. The molecule has 0 spiro atoms. The lowest BCUT2D eigenvalue weighted by molar-refractivity contribution is 0.586. The van der Waals surface area contributed by atoms with Crippen molar-refractivity contribution in [2.75, 3.05) is 10.6 Å². The molecule has 4 nitrogen and oxygen atoms in total. The zero-order chi connectivity index (χ0) is 17.1. The van der Waals surface area contributed by atoms with E-state index in [0.717, 1.165) is 12.1 Å². The van der Waals surface area contributed by atoms with Crippen molar-refractivity contribution < 1.29 is 8.78 Å². The van der Waals surface area contributed by atoms with Gasteiger partial charge in [-0.2, -0.15) is 4.98 Å². The van der Waals surface area contributed by atoms with E-state index in [0.29, 0.717) is 21.6 Å². The van der Waals surface area contributed by atoms with Crippen LogP contribution in [0.2, 0.25) is 10.0 Å². The number of aromatic nitrogens is 2. The number of hydrogen-bond acceptors (Lipinski definition) is 4. The van der Waals surface area contributed by atoms with E-state index in [2.05, 4.69) is 20.6 Å². The van der Waals surface area contributed by atoms with Crippen molar-refractivity contribution in [1.82, 2.24) is 9.97 Å². The Bertz CT molecular complexity index is 890. The molecule has 3 aromatic rings. The van der Waals surface area contributed by atoms with Gasteiger partial charge in [0.1, 0.15) is 17.5 Å². The Morgan fingerprint density at radius 1 is 0.875 bits per heavy atom. The predicted molar refractivity (Wildman–Crippen MR) is 91.4 cm³/mol. The first-order valence-corrected chi connectivity index (χ1v) is 7.54. The average Bonchev–Trinajstić information content (AvgIpc) is 2.54. The van der Waals surface area contributed by atoms with Gasteiger partial charge in [0.25, 0.3) is 0 Å². The second kappa shape index (κ2) is 6.98. The topological polar surface area (TPSA) is 49.8 Å². The number of halogens is 4. The quantitative estimate of drug-likeness (QED) is 0.635. The van der Waals surface area contributed by atoms with Crippen molar-refractivity contribution in [2.45, 2.75) is 0 Å². The molecule has 0 bridgehead atoms. The third-order valence-electron chi connectivity index (χ3n) is 3.02. The molecule has 8 heteroatoms. The first-order chi connectivity index (χ1) is 11.5. The fraction of sp³-hybridized carbons (Fsp3) is 0. The molecule has 0 fully saturated rings. The molecule has 0 atom stereocenters. The summed E-state index contributed by atoms with van der Waals surface area (Å²) in [5.74, 6) is -0.831. The highest BCUT2D eigenvalue weighted by Crippen LogP contribution is 2.28. The molecular weight excluding hydrogens is 357 g/mol. The maximum Gasteiger partial charge on any atom is 0.229 e. The summed E-state index contributed by atoms with van der Waals surface area (Å²) < 4.78 is 26.6. The molecule has 0 unspecified atom stereocenters. The maximum atomic E-state index is 13.7. The monoisotopic (exact) mass is 366 g/mol. The Balaban J connectivity index is 1.82. The van der Waals surface area contributed by atoms with Gasteiger partial charge in [-0.3, -0.25) is 0 Å². The van der Waals surface area contributed by atoms with Crippen LogP contribution in [0.25, 0.3) is 0 Å². The lowest BCUT2D eigenvalue weighted by Gasteiger charge is -2.10. The number of anilines is 4. The van der Waals surface area contributed by atoms with Gasteiger partial charge in [0.15, 0.2) is 0 Å². The van der Waals surface area contributed by atoms with Gasteiger partial charge in [0, 0.05) is 17.3 Å². The van der Waals surface area contributed by atoms with Crippen molar-refractivity contribution in [3.63, 3.8) is 0 Å². The first-order valence-electron chi connectivity index (χ1n) is 6.78. The highest BCUT2D eigenvalue weighted by Gasteiger charge is 2.07. The molecule has 1 aromatic heterocycles. The molecule has 2 N–H and O–H groups in total. The van der Waals surface area contributed by atoms with Crippen molar-refractivity contribution >= 4 is 46.3 Å². The molecule has 0 saturated heterocycles. The van der Waals surface area contributed by atoms with Crippen LogP contribution < -0.4 is 10.6 Å². The Kier molecular flexibility index (Phi) is 4.78. The van der Waals surface area contributed by atoms with Crippen LogP contribution >= 0.6 is 23.2 Å². The standard InChI is InChI=1S/C16H10Cl2F2N4/c17-9-1-3-11(18)14(7-9)22-15-5-6-21-16(24-15)23-13-4-2-10(19)8-12(13)20/h1-8H,(H2,21,22,23,24). The summed E-state index contributed by atoms with van der Waals surface area (Å²) in [7, 11) is 0. The van der Waals surface area contributed by atoms with Gasteiger partial charge in [0.05, 0.1) is 16.4 Å². The third kappa shape index (κ3) is 3.90. The summed E-state index contributed by atoms with van der Waals surface area (Å²) in [4.78, 5) is 8.20. The van der Waals surface area contributed by atoms with Gasteiger partial charge in [-0.1, -0.05) is 23.2 Å². The first kappa shape index (κ1) is 16.4. The van der Waals surface area contributed by atoms with Gasteiger partial charge in [-0.05, 0) is 36.4 Å². The van der Waals surface area contributed by atoms with Crippen LogP contribution in [0, 0.1) is 11.6 Å². The van der Waals surface area contributed by atoms with Gasteiger partial charge in [0.2, 0.25) is 5.95 Å². The molecule has 1 heterocycles. The smallest absolute Gasteiger partial charge is 0.229 e. The van der Waals surface area contributed by atoms with E-state index in [1.54, 1.807) is 24.3 Å². The van der Waals surface area contributed by atoms with Gasteiger partial charge in [-0.15, -0.1) is 0 Å². The average molecular weight is 367 g/mol. The fourth-order valence-electron chi connectivity index (χ4n) is 1.93. The summed E-state index contributed by atoms with van der Waals surface area (Å²) in [6.45, 7) is 0. The minimum Gasteiger partial charge on any atom is -0.339 e. The summed E-state index contributed by atoms with van der Waals surface area (Å²) in [5.41, 5.74) is 0.635. The normalized spacial score (nSPS) is 10.5. The highest BCUT2D eigenvalue weighted by molar-refractivity contribution is 6.35. The van der Waals surface area contributed by atoms with E-state index >= 15 is 0 Å². The maximum absolute atomic E-state index is 13.7. The van der Waals surface area contributed by atoms with Crippen molar-refractivity contribution in [2.24, 2.45) is 0 Å². The molecular formula is C16H10Cl2F2N4. The van der Waals surface area contributed by atoms with E-state index in [-0.39, 0.29) is 11.6 Å². The van der Waals surface area contributed by atoms with Crippen LogP contribution in [0.5, 0.6) is 0 Å². The molecule has 2 aromatic carbocycles. The highest BCUT2D eigenvalue weighted by atomic mass is 35.5. The van der Waals surface area contributed by atoms with Gasteiger partial charge < -0.3 is 10.6 Å². The van der Waals surface area contributed by atoms with E-state index in [4.69, 9.17) is 23.2 Å². The minimum absolute atomic E-state index is 0.0642. The molecule has 122 valence electrons. The van der Waals surface area contributed by atoms with Crippen LogP contribution in [0.1, 0.15) is 0 Å². The van der Waals surface area contributed by atoms with E-state index < -0.39 is 11.6 Å². The van der Waals surface area contributed by atoms with E-state index in [1.807, 2.05) is 0 Å². The van der Waals surface area contributed by atoms with Gasteiger partial charge in [-0.25, -0.2) is 13.8 Å². The molecule has 0 aliphatic carbocycles. The van der Waals surface area contributed by atoms with Crippen molar-refractivity contribution in [1.29, 1.82) is 0 Å². The zero-order valence-corrected chi connectivity index (χ0v) is 13.5. The number of nitrogens with one attached hydrogen (secondary N) is 2. The van der Waals surface area contributed by atoms with Crippen molar-refractivity contribution in [3.05, 3.63) is 70.3 Å². The predicted octanol–water partition coefficient (Wildman–Crippen LogP) is 5.55. The van der Waals surface area contributed by atoms with E-state index in [9.17, 15) is 8.78 Å². The summed E-state index contributed by atoms with van der Waals surface area (Å²) in [6.07, 6.45) is 1.48. The second-order valence-corrected chi connectivity index (χ2v) is 5.61. The van der Waals surface area contributed by atoms with Crippen LogP contribution in [0.3, 0.4) is 0 Å². The Labute approximate surface area is 146 Å². The third-order valence-corrected chi connectivity index (χ3v) is 3.59. The molecule has 0 radical (unpaired) electrons. The molecule has 0 amide bonds. The molecule has 24 heavy (non-hydrogen) atoms. The SMILES string of the molecule is Fc1ccc(Nc2nccc(Nc3cc(Cl)ccc3Cl)n2)c(F)c1. The number of rotatable bonds is 4. The zero-order valence-electron chi connectivity index (χ0n) is 12.0. The molecule has 3 rings (SSSR count). The number of hydrogen-bond donors (Lipinski definition) is 2. The summed E-state index contributed by atoms with van der Waals surface area (Å²) >= 11 is 12.0. The molecule has 0 saturated carbocycles. The van der Waals surface area contributed by atoms with E-state index in [1.165, 1.54) is 12.3 Å². The summed E-state index contributed by atoms with van der Waals surface area (Å²) in [5, 5.41) is 6.68. The van der Waals surface area contributed by atoms with Crippen LogP contribution in [-0.2, 0) is 0 Å². The Morgan fingerprint density at radius 2 is 1.71 bits per heavy atom. The Hall–Kier alpha value is -2.44. The van der Waals surface area contributed by atoms with Gasteiger partial charge >= 0.3 is 0 Å². The second-order valence-electron chi connectivity index (χ2n) is 4.76. The number of benzene rings is 2. The van der Waals surface area contributed by atoms with Crippen LogP contribution in [-0.4, -0.2) is 9.97 Å². The fourth-order valence-corrected chi connectivity index (χ4v) is 2.27. The largest absolute Gasteiger partial charge is 0.339 e. The number of nitrogens with zero attached hydrogens (tertiary/aromatic N) is 2. The van der Waals surface area contributed by atoms with Crippen LogP contribution in [0.15, 0.2) is 48.7 Å². The lowest BCUT2D eigenvalue weighted by Crippen LogP contribution is -2.02.